The van der Waals surface area contributed by atoms with Gasteiger partial charge in [-0.05, 0) is 32.7 Å². The van der Waals surface area contributed by atoms with Gasteiger partial charge in [-0.25, -0.2) is 0 Å². The maximum absolute atomic E-state index is 11.3. The van der Waals surface area contributed by atoms with E-state index in [0.29, 0.717) is 6.42 Å². The zero-order valence-electron chi connectivity index (χ0n) is 10.9. The highest BCUT2D eigenvalue weighted by atomic mass is 16.6. The van der Waals surface area contributed by atoms with Gasteiger partial charge >= 0.3 is 5.97 Å². The van der Waals surface area contributed by atoms with Crippen molar-refractivity contribution in [3.05, 3.63) is 0 Å². The molecule has 0 spiro atoms. The second-order valence-corrected chi connectivity index (χ2v) is 4.97. The van der Waals surface area contributed by atoms with Crippen LogP contribution in [0.3, 0.4) is 0 Å². The van der Waals surface area contributed by atoms with Gasteiger partial charge in [0, 0.05) is 19.5 Å². The third-order valence-corrected chi connectivity index (χ3v) is 3.39. The van der Waals surface area contributed by atoms with Crippen molar-refractivity contribution in [2.45, 2.75) is 58.5 Å². The SMILES string of the molecule is CCCCN1CCC(C)(OC(=O)CC)CC1. The molecule has 0 amide bonds. The Morgan fingerprint density at radius 2 is 1.94 bits per heavy atom. The molecule has 1 saturated heterocycles. The Balaban J connectivity index is 2.32. The van der Waals surface area contributed by atoms with Crippen LogP contribution in [0.15, 0.2) is 0 Å². The lowest BCUT2D eigenvalue weighted by molar-refractivity contribution is -0.162. The van der Waals surface area contributed by atoms with Gasteiger partial charge in [-0.3, -0.25) is 4.79 Å². The number of unbranched alkanes of at least 4 members (excludes halogenated alkanes) is 1. The van der Waals surface area contributed by atoms with E-state index in [9.17, 15) is 4.79 Å². The minimum absolute atomic E-state index is 0.0653. The highest BCUT2D eigenvalue weighted by molar-refractivity contribution is 5.69. The number of piperidine rings is 1. The minimum Gasteiger partial charge on any atom is -0.459 e. The van der Waals surface area contributed by atoms with E-state index in [2.05, 4.69) is 18.7 Å². The van der Waals surface area contributed by atoms with Crippen molar-refractivity contribution >= 4 is 5.97 Å². The molecule has 0 radical (unpaired) electrons. The van der Waals surface area contributed by atoms with Crippen molar-refractivity contribution in [3.63, 3.8) is 0 Å². The third kappa shape index (κ3) is 4.12. The molecule has 0 aliphatic carbocycles. The second-order valence-electron chi connectivity index (χ2n) is 4.97. The van der Waals surface area contributed by atoms with Crippen molar-refractivity contribution < 1.29 is 9.53 Å². The Hall–Kier alpha value is -0.570. The number of carbonyl (C=O) groups is 1. The first-order valence-corrected chi connectivity index (χ1v) is 6.54. The van der Waals surface area contributed by atoms with E-state index in [1.54, 1.807) is 0 Å². The van der Waals surface area contributed by atoms with Gasteiger partial charge in [0.15, 0.2) is 0 Å². The van der Waals surface area contributed by atoms with Crippen molar-refractivity contribution in [2.75, 3.05) is 19.6 Å². The smallest absolute Gasteiger partial charge is 0.306 e. The Morgan fingerprint density at radius 3 is 2.44 bits per heavy atom. The van der Waals surface area contributed by atoms with Crippen LogP contribution in [-0.4, -0.2) is 36.1 Å². The first-order valence-electron chi connectivity index (χ1n) is 6.54. The lowest BCUT2D eigenvalue weighted by Gasteiger charge is -2.38. The molecule has 1 heterocycles. The Kier molecular flexibility index (Phi) is 5.26. The zero-order valence-corrected chi connectivity index (χ0v) is 10.9. The summed E-state index contributed by atoms with van der Waals surface area (Å²) in [7, 11) is 0. The molecular weight excluding hydrogens is 202 g/mol. The molecule has 1 aliphatic rings. The molecule has 0 unspecified atom stereocenters. The summed E-state index contributed by atoms with van der Waals surface area (Å²) in [5.41, 5.74) is -0.212. The van der Waals surface area contributed by atoms with Gasteiger partial charge in [0.2, 0.25) is 0 Å². The molecule has 0 aromatic rings. The minimum atomic E-state index is -0.212. The quantitative estimate of drug-likeness (QED) is 0.676. The fourth-order valence-corrected chi connectivity index (χ4v) is 2.08. The van der Waals surface area contributed by atoms with E-state index >= 15 is 0 Å². The number of rotatable bonds is 5. The monoisotopic (exact) mass is 227 g/mol. The van der Waals surface area contributed by atoms with Crippen LogP contribution in [0.25, 0.3) is 0 Å². The Bertz CT molecular complexity index is 220. The Morgan fingerprint density at radius 1 is 1.31 bits per heavy atom. The summed E-state index contributed by atoms with van der Waals surface area (Å²) in [6.07, 6.45) is 4.95. The first kappa shape index (κ1) is 13.5. The molecule has 1 rings (SSSR count). The molecular formula is C13H25NO2. The summed E-state index contributed by atoms with van der Waals surface area (Å²) < 4.78 is 5.52. The summed E-state index contributed by atoms with van der Waals surface area (Å²) in [5, 5.41) is 0. The van der Waals surface area contributed by atoms with E-state index in [1.165, 1.54) is 19.4 Å². The zero-order chi connectivity index (χ0) is 12.0. The van der Waals surface area contributed by atoms with E-state index in [0.717, 1.165) is 25.9 Å². The van der Waals surface area contributed by atoms with Crippen LogP contribution in [0.5, 0.6) is 0 Å². The topological polar surface area (TPSA) is 29.5 Å². The van der Waals surface area contributed by atoms with Gasteiger partial charge in [0.1, 0.15) is 5.60 Å². The maximum atomic E-state index is 11.3. The summed E-state index contributed by atoms with van der Waals surface area (Å²) >= 11 is 0. The van der Waals surface area contributed by atoms with Crippen LogP contribution >= 0.6 is 0 Å². The highest BCUT2D eigenvalue weighted by Gasteiger charge is 2.32. The van der Waals surface area contributed by atoms with Crippen molar-refractivity contribution in [3.8, 4) is 0 Å². The molecule has 3 heteroatoms. The van der Waals surface area contributed by atoms with E-state index in [4.69, 9.17) is 4.74 Å². The number of hydrogen-bond acceptors (Lipinski definition) is 3. The molecule has 0 atom stereocenters. The normalized spacial score (nSPS) is 20.7. The molecule has 94 valence electrons. The summed E-state index contributed by atoms with van der Waals surface area (Å²) in [6, 6.07) is 0. The predicted molar refractivity (Wildman–Crippen MR) is 65.4 cm³/mol. The van der Waals surface area contributed by atoms with Gasteiger partial charge in [-0.2, -0.15) is 0 Å². The largest absolute Gasteiger partial charge is 0.459 e. The number of nitrogens with zero attached hydrogens (tertiary/aromatic N) is 1. The number of esters is 1. The fourth-order valence-electron chi connectivity index (χ4n) is 2.08. The van der Waals surface area contributed by atoms with Gasteiger partial charge in [0.05, 0.1) is 0 Å². The molecule has 0 bridgehead atoms. The van der Waals surface area contributed by atoms with Gasteiger partial charge in [-0.1, -0.05) is 20.3 Å². The standard InChI is InChI=1S/C13H25NO2/c1-4-6-9-14-10-7-13(3,8-11-14)16-12(15)5-2/h4-11H2,1-3H3. The summed E-state index contributed by atoms with van der Waals surface area (Å²) in [6.45, 7) is 9.45. The molecule has 3 nitrogen and oxygen atoms in total. The molecule has 0 aromatic heterocycles. The fraction of sp³-hybridized carbons (Fsp3) is 0.923. The van der Waals surface area contributed by atoms with Crippen LogP contribution in [-0.2, 0) is 9.53 Å². The van der Waals surface area contributed by atoms with E-state index < -0.39 is 0 Å². The maximum Gasteiger partial charge on any atom is 0.306 e. The number of ether oxygens (including phenoxy) is 1. The lowest BCUT2D eigenvalue weighted by Crippen LogP contribution is -2.45. The number of likely N-dealkylation sites (tertiary alicyclic amines) is 1. The predicted octanol–water partition coefficient (Wildman–Crippen LogP) is 2.59. The van der Waals surface area contributed by atoms with Crippen molar-refractivity contribution in [1.82, 2.24) is 4.90 Å². The van der Waals surface area contributed by atoms with Crippen molar-refractivity contribution in [2.24, 2.45) is 0 Å². The van der Waals surface area contributed by atoms with Crippen LogP contribution in [0.1, 0.15) is 52.9 Å². The third-order valence-electron chi connectivity index (χ3n) is 3.39. The van der Waals surface area contributed by atoms with Crippen molar-refractivity contribution in [1.29, 1.82) is 0 Å². The number of carbonyl (C=O) groups excluding carboxylic acids is 1. The van der Waals surface area contributed by atoms with E-state index in [1.807, 2.05) is 6.92 Å². The van der Waals surface area contributed by atoms with Gasteiger partial charge in [-0.15, -0.1) is 0 Å². The summed E-state index contributed by atoms with van der Waals surface area (Å²) in [5.74, 6) is -0.0653. The van der Waals surface area contributed by atoms with Crippen LogP contribution < -0.4 is 0 Å². The lowest BCUT2D eigenvalue weighted by atomic mass is 9.93. The molecule has 0 aromatic carbocycles. The van der Waals surface area contributed by atoms with Crippen LogP contribution in [0.4, 0.5) is 0 Å². The average Bonchev–Trinajstić information content (AvgIpc) is 2.28. The van der Waals surface area contributed by atoms with Crippen LogP contribution in [0, 0.1) is 0 Å². The highest BCUT2D eigenvalue weighted by Crippen LogP contribution is 2.26. The number of hydrogen-bond donors (Lipinski definition) is 0. The van der Waals surface area contributed by atoms with Gasteiger partial charge in [0.25, 0.3) is 0 Å². The van der Waals surface area contributed by atoms with Gasteiger partial charge < -0.3 is 9.64 Å². The molecule has 1 aliphatic heterocycles. The molecule has 0 saturated carbocycles. The summed E-state index contributed by atoms with van der Waals surface area (Å²) in [4.78, 5) is 13.8. The Labute approximate surface area is 99.1 Å². The molecule has 1 fully saturated rings. The first-order chi connectivity index (χ1) is 7.59. The van der Waals surface area contributed by atoms with Crippen LogP contribution in [0.2, 0.25) is 0 Å². The second kappa shape index (κ2) is 6.24. The van der Waals surface area contributed by atoms with E-state index in [-0.39, 0.29) is 11.6 Å². The molecule has 16 heavy (non-hydrogen) atoms. The average molecular weight is 227 g/mol. The molecule has 0 N–H and O–H groups in total.